The molecule has 0 aromatic heterocycles. The number of phenols is 1. The number of carbonyl (C=O) groups is 2. The molecule has 17 heavy (non-hydrogen) atoms. The van der Waals surface area contributed by atoms with Crippen LogP contribution in [-0.2, 0) is 9.53 Å². The Hall–Kier alpha value is -2.30. The standard InChI is InChI=1S/C12H12O5/c1-3-10(13)17-7(2)8-5-4-6-9(11(8)14)12(15)16/h3-7,14H,1H2,2H3,(H,15,16). The number of hydrogen-bond donors (Lipinski definition) is 2. The van der Waals surface area contributed by atoms with E-state index >= 15 is 0 Å². The van der Waals surface area contributed by atoms with Gasteiger partial charge in [0.1, 0.15) is 17.4 Å². The zero-order valence-corrected chi connectivity index (χ0v) is 9.21. The van der Waals surface area contributed by atoms with Gasteiger partial charge in [0.2, 0.25) is 0 Å². The molecule has 5 heteroatoms. The van der Waals surface area contributed by atoms with Crippen molar-refractivity contribution in [3.05, 3.63) is 42.0 Å². The van der Waals surface area contributed by atoms with Crippen LogP contribution in [0.3, 0.4) is 0 Å². The van der Waals surface area contributed by atoms with Crippen molar-refractivity contribution >= 4 is 11.9 Å². The second kappa shape index (κ2) is 5.16. The summed E-state index contributed by atoms with van der Waals surface area (Å²) >= 11 is 0. The molecule has 0 heterocycles. The van der Waals surface area contributed by atoms with E-state index in [4.69, 9.17) is 9.84 Å². The fourth-order valence-electron chi connectivity index (χ4n) is 1.35. The number of aromatic hydroxyl groups is 1. The summed E-state index contributed by atoms with van der Waals surface area (Å²) in [7, 11) is 0. The second-order valence-corrected chi connectivity index (χ2v) is 3.33. The van der Waals surface area contributed by atoms with Crippen LogP contribution in [0.15, 0.2) is 30.9 Å². The number of carboxylic acids is 1. The van der Waals surface area contributed by atoms with Crippen LogP contribution in [0.1, 0.15) is 28.9 Å². The lowest BCUT2D eigenvalue weighted by atomic mass is 10.0. The minimum Gasteiger partial charge on any atom is -0.507 e. The van der Waals surface area contributed by atoms with Gasteiger partial charge in [-0.05, 0) is 13.0 Å². The van der Waals surface area contributed by atoms with Crippen molar-refractivity contribution in [3.63, 3.8) is 0 Å². The van der Waals surface area contributed by atoms with Crippen molar-refractivity contribution < 1.29 is 24.5 Å². The van der Waals surface area contributed by atoms with Gasteiger partial charge in [-0.15, -0.1) is 0 Å². The molecule has 0 aliphatic rings. The maximum atomic E-state index is 11.0. The number of rotatable bonds is 4. The minimum atomic E-state index is -1.24. The van der Waals surface area contributed by atoms with Gasteiger partial charge in [-0.3, -0.25) is 0 Å². The number of esters is 1. The number of benzene rings is 1. The first-order valence-corrected chi connectivity index (χ1v) is 4.85. The highest BCUT2D eigenvalue weighted by atomic mass is 16.5. The van der Waals surface area contributed by atoms with Gasteiger partial charge in [0.15, 0.2) is 0 Å². The molecule has 0 saturated heterocycles. The monoisotopic (exact) mass is 236 g/mol. The molecule has 0 radical (unpaired) electrons. The summed E-state index contributed by atoms with van der Waals surface area (Å²) in [4.78, 5) is 21.8. The first-order chi connectivity index (χ1) is 7.97. The molecule has 2 N–H and O–H groups in total. The number of aromatic carboxylic acids is 1. The van der Waals surface area contributed by atoms with Crippen molar-refractivity contribution in [3.8, 4) is 5.75 Å². The van der Waals surface area contributed by atoms with E-state index in [-0.39, 0.29) is 11.1 Å². The molecule has 1 atom stereocenters. The Morgan fingerprint density at radius 1 is 1.47 bits per heavy atom. The van der Waals surface area contributed by atoms with Crippen LogP contribution in [0, 0.1) is 0 Å². The Morgan fingerprint density at radius 3 is 2.65 bits per heavy atom. The van der Waals surface area contributed by atoms with Gasteiger partial charge in [-0.2, -0.15) is 0 Å². The van der Waals surface area contributed by atoms with Crippen molar-refractivity contribution in [2.75, 3.05) is 0 Å². The number of carboxylic acid groups (broad SMARTS) is 1. The van der Waals surface area contributed by atoms with E-state index < -0.39 is 23.8 Å². The molecule has 5 nitrogen and oxygen atoms in total. The predicted octanol–water partition coefficient (Wildman–Crippen LogP) is 1.88. The Labute approximate surface area is 98.0 Å². The molecule has 0 fully saturated rings. The molecule has 0 spiro atoms. The van der Waals surface area contributed by atoms with E-state index in [2.05, 4.69) is 6.58 Å². The summed E-state index contributed by atoms with van der Waals surface area (Å²) in [5.41, 5.74) is 0.00380. The minimum absolute atomic E-state index is 0.232. The molecule has 1 aromatic carbocycles. The third kappa shape index (κ3) is 2.84. The summed E-state index contributed by atoms with van der Waals surface area (Å²) in [6, 6.07) is 4.22. The van der Waals surface area contributed by atoms with Crippen molar-refractivity contribution in [1.82, 2.24) is 0 Å². The number of carbonyl (C=O) groups excluding carboxylic acids is 1. The molecule has 0 aliphatic carbocycles. The molecular weight excluding hydrogens is 224 g/mol. The maximum Gasteiger partial charge on any atom is 0.339 e. The molecule has 1 unspecified atom stereocenters. The lowest BCUT2D eigenvalue weighted by Gasteiger charge is -2.14. The average Bonchev–Trinajstić information content (AvgIpc) is 2.28. The molecule has 90 valence electrons. The fraction of sp³-hybridized carbons (Fsp3) is 0.167. The Morgan fingerprint density at radius 2 is 2.12 bits per heavy atom. The summed E-state index contributed by atoms with van der Waals surface area (Å²) in [6.45, 7) is 4.77. The molecule has 1 rings (SSSR count). The highest BCUT2D eigenvalue weighted by molar-refractivity contribution is 5.91. The van der Waals surface area contributed by atoms with Crippen LogP contribution in [-0.4, -0.2) is 22.2 Å². The Bertz CT molecular complexity index is 464. The summed E-state index contributed by atoms with van der Waals surface area (Å²) < 4.78 is 4.89. The summed E-state index contributed by atoms with van der Waals surface area (Å²) in [5, 5.41) is 18.5. The first kappa shape index (κ1) is 12.8. The molecule has 1 aromatic rings. The van der Waals surface area contributed by atoms with E-state index in [1.54, 1.807) is 0 Å². The molecule has 0 bridgehead atoms. The largest absolute Gasteiger partial charge is 0.507 e. The van der Waals surface area contributed by atoms with Gasteiger partial charge >= 0.3 is 11.9 Å². The second-order valence-electron chi connectivity index (χ2n) is 3.33. The smallest absolute Gasteiger partial charge is 0.339 e. The maximum absolute atomic E-state index is 11.0. The Kier molecular flexibility index (Phi) is 3.87. The first-order valence-electron chi connectivity index (χ1n) is 4.85. The quantitative estimate of drug-likeness (QED) is 0.616. The average molecular weight is 236 g/mol. The fourth-order valence-corrected chi connectivity index (χ4v) is 1.35. The van der Waals surface area contributed by atoms with Crippen LogP contribution < -0.4 is 0 Å². The van der Waals surface area contributed by atoms with Gasteiger partial charge in [-0.1, -0.05) is 18.7 Å². The summed E-state index contributed by atoms with van der Waals surface area (Å²) in [5.74, 6) is -2.28. The lowest BCUT2D eigenvalue weighted by Crippen LogP contribution is -2.07. The van der Waals surface area contributed by atoms with Gasteiger partial charge in [0, 0.05) is 11.6 Å². The van der Waals surface area contributed by atoms with Crippen LogP contribution in [0.25, 0.3) is 0 Å². The zero-order valence-electron chi connectivity index (χ0n) is 9.21. The SMILES string of the molecule is C=CC(=O)OC(C)c1cccc(C(=O)O)c1O. The summed E-state index contributed by atoms with van der Waals surface area (Å²) in [6.07, 6.45) is 0.244. The number of para-hydroxylation sites is 1. The molecule has 0 saturated carbocycles. The van der Waals surface area contributed by atoms with Crippen LogP contribution in [0.5, 0.6) is 5.75 Å². The highest BCUT2D eigenvalue weighted by Gasteiger charge is 2.18. The van der Waals surface area contributed by atoms with Gasteiger partial charge in [0.25, 0.3) is 0 Å². The number of hydrogen-bond acceptors (Lipinski definition) is 4. The highest BCUT2D eigenvalue weighted by Crippen LogP contribution is 2.29. The van der Waals surface area contributed by atoms with Crippen molar-refractivity contribution in [1.29, 1.82) is 0 Å². The Balaban J connectivity index is 3.06. The van der Waals surface area contributed by atoms with Crippen molar-refractivity contribution in [2.45, 2.75) is 13.0 Å². The van der Waals surface area contributed by atoms with Crippen molar-refractivity contribution in [2.24, 2.45) is 0 Å². The van der Waals surface area contributed by atoms with E-state index in [1.807, 2.05) is 0 Å². The van der Waals surface area contributed by atoms with E-state index in [9.17, 15) is 14.7 Å². The van der Waals surface area contributed by atoms with E-state index in [0.717, 1.165) is 6.08 Å². The van der Waals surface area contributed by atoms with Gasteiger partial charge < -0.3 is 14.9 Å². The normalized spacial score (nSPS) is 11.6. The third-order valence-corrected chi connectivity index (χ3v) is 2.20. The van der Waals surface area contributed by atoms with Crippen LogP contribution in [0.2, 0.25) is 0 Å². The number of ether oxygens (including phenoxy) is 1. The van der Waals surface area contributed by atoms with E-state index in [1.165, 1.54) is 25.1 Å². The van der Waals surface area contributed by atoms with Crippen LogP contribution >= 0.6 is 0 Å². The van der Waals surface area contributed by atoms with Gasteiger partial charge in [0.05, 0.1) is 0 Å². The van der Waals surface area contributed by atoms with E-state index in [0.29, 0.717) is 0 Å². The topological polar surface area (TPSA) is 83.8 Å². The molecule has 0 amide bonds. The lowest BCUT2D eigenvalue weighted by molar-refractivity contribution is -0.142. The third-order valence-electron chi connectivity index (χ3n) is 2.20. The molecular formula is C12H12O5. The van der Waals surface area contributed by atoms with Crippen LogP contribution in [0.4, 0.5) is 0 Å². The van der Waals surface area contributed by atoms with Gasteiger partial charge in [-0.25, -0.2) is 9.59 Å². The molecule has 0 aliphatic heterocycles. The zero-order chi connectivity index (χ0) is 13.0. The predicted molar refractivity (Wildman–Crippen MR) is 59.8 cm³/mol.